The number of hydrogen-bond donors (Lipinski definition) is 0. The summed E-state index contributed by atoms with van der Waals surface area (Å²) in [6.07, 6.45) is 26.8. The summed E-state index contributed by atoms with van der Waals surface area (Å²) in [6, 6.07) is 63.5. The molecule has 324 valence electrons. The number of rotatable bonds is 7. The molecule has 2 aliphatic heterocycles. The van der Waals surface area contributed by atoms with E-state index in [0.29, 0.717) is 0 Å². The minimum atomic E-state index is -1.55. The van der Waals surface area contributed by atoms with Crippen molar-refractivity contribution in [3.8, 4) is 34.1 Å². The van der Waals surface area contributed by atoms with Crippen LogP contribution in [0, 0.1) is 24.7 Å². The second kappa shape index (κ2) is 22.4. The molecule has 0 saturated carbocycles. The van der Waals surface area contributed by atoms with Gasteiger partial charge in [0.2, 0.25) is 0 Å². The monoisotopic (exact) mass is 1260 g/mol. The van der Waals surface area contributed by atoms with Crippen LogP contribution in [0.25, 0.3) is 22.3 Å². The second-order valence-electron chi connectivity index (χ2n) is 17.3. The predicted molar refractivity (Wildman–Crippen MR) is 281 cm³/mol. The van der Waals surface area contributed by atoms with E-state index in [1.165, 1.54) is 78.8 Å². The van der Waals surface area contributed by atoms with Crippen molar-refractivity contribution >= 4 is 68.7 Å². The molecule has 7 aromatic rings. The van der Waals surface area contributed by atoms with Crippen molar-refractivity contribution in [2.75, 3.05) is 12.3 Å². The standard InChI is InChI=1S/C26H26P2.2C16H13Si.2Au/c1-5-13-23(14-6-1)27(24-15-7-2-8-16-24)21-22-28(25-17-9-3-10-18-25)26-19-11-4-12-20-26;2*1-4-12-9-10-14-13-7-5-6-8-15(13)17(2,3)16(14)11-12;;/h1-3,5-11,13-20H,4,12,21-22H2;2*5-11H,2-3H3;;/q;2*-1;2*+1/p+2. The number of benzene rings is 7. The summed E-state index contributed by atoms with van der Waals surface area (Å²) in [4.78, 5) is 0. The summed E-state index contributed by atoms with van der Waals surface area (Å²) >= 11 is 0. The molecule has 0 spiro atoms. The quantitative estimate of drug-likeness (QED) is 0.0646. The van der Waals surface area contributed by atoms with E-state index in [0.717, 1.165) is 11.1 Å². The molecular weight excluding hydrogens is 1210 g/mol. The van der Waals surface area contributed by atoms with E-state index in [1.54, 1.807) is 10.6 Å². The van der Waals surface area contributed by atoms with Crippen LogP contribution in [0.2, 0.25) is 26.2 Å². The van der Waals surface area contributed by atoms with E-state index >= 15 is 0 Å². The molecule has 10 rings (SSSR count). The zero-order valence-corrected chi connectivity index (χ0v) is 45.2. The third-order valence-electron chi connectivity index (χ3n) is 12.8. The molecule has 0 bridgehead atoms. The van der Waals surface area contributed by atoms with Gasteiger partial charge in [0.05, 0.1) is 37.1 Å². The van der Waals surface area contributed by atoms with Crippen molar-refractivity contribution in [3.63, 3.8) is 0 Å². The van der Waals surface area contributed by atoms with Crippen molar-refractivity contribution in [2.24, 2.45) is 0 Å². The van der Waals surface area contributed by atoms with E-state index in [-0.39, 0.29) is 44.8 Å². The Labute approximate surface area is 418 Å². The summed E-state index contributed by atoms with van der Waals surface area (Å²) in [5.41, 5.74) is 7.26. The van der Waals surface area contributed by atoms with Gasteiger partial charge in [-0.05, 0) is 94.0 Å². The topological polar surface area (TPSA) is 0 Å². The van der Waals surface area contributed by atoms with E-state index in [4.69, 9.17) is 12.8 Å². The average Bonchev–Trinajstić information content (AvgIpc) is 3.70. The SMILES string of the molecule is C1=CC([PH+](CC[PH+](c2ccccc2)c2ccccc2)c2ccccc2)=CCC1.[Au+].[Au+].[C-]#Cc1ccc2c(c1)[Si](C)(C)c1ccccc1-2.[C-]#Cc1ccc2c(c1)[Si](C)(C)c1ccccc1-2. The Balaban J connectivity index is 0.000000165. The van der Waals surface area contributed by atoms with E-state index in [1.807, 2.05) is 12.1 Å². The van der Waals surface area contributed by atoms with Crippen LogP contribution in [0.3, 0.4) is 0 Å². The summed E-state index contributed by atoms with van der Waals surface area (Å²) in [5.74, 6) is 4.99. The van der Waals surface area contributed by atoms with Crippen LogP contribution in [0.1, 0.15) is 24.0 Å². The maximum absolute atomic E-state index is 7.26. The average molecular weight is 1260 g/mol. The zero-order valence-electron chi connectivity index (χ0n) is 36.9. The van der Waals surface area contributed by atoms with Gasteiger partial charge in [0.1, 0.15) is 28.5 Å². The molecule has 0 N–H and O–H groups in total. The van der Waals surface area contributed by atoms with Gasteiger partial charge in [0.15, 0.2) is 0 Å². The van der Waals surface area contributed by atoms with Crippen LogP contribution in [-0.2, 0) is 44.8 Å². The zero-order chi connectivity index (χ0) is 43.1. The van der Waals surface area contributed by atoms with Gasteiger partial charge in [-0.15, -0.1) is 35.4 Å². The van der Waals surface area contributed by atoms with E-state index in [2.05, 4.69) is 220 Å². The Morgan fingerprint density at radius 3 is 1.22 bits per heavy atom. The molecule has 0 radical (unpaired) electrons. The smallest absolute Gasteiger partial charge is 0.366 e. The van der Waals surface area contributed by atoms with Crippen molar-refractivity contribution in [1.29, 1.82) is 0 Å². The molecule has 1 unspecified atom stereocenters. The van der Waals surface area contributed by atoms with E-state index in [9.17, 15) is 0 Å². The molecule has 1 aliphatic carbocycles. The van der Waals surface area contributed by atoms with E-state index < -0.39 is 32.0 Å². The van der Waals surface area contributed by atoms with Gasteiger partial charge in [0, 0.05) is 0 Å². The third kappa shape index (κ3) is 10.6. The first-order valence-electron chi connectivity index (χ1n) is 21.8. The van der Waals surface area contributed by atoms with Crippen LogP contribution in [0.15, 0.2) is 199 Å². The first kappa shape index (κ1) is 49.4. The molecular formula is C58H54Au2P2Si2+2. The molecule has 0 amide bonds. The van der Waals surface area contributed by atoms with Crippen LogP contribution in [0.4, 0.5) is 0 Å². The predicted octanol–water partition coefficient (Wildman–Crippen LogP) is 10.5. The Morgan fingerprint density at radius 2 is 0.812 bits per heavy atom. The fourth-order valence-corrected chi connectivity index (χ4v) is 22.0. The van der Waals surface area contributed by atoms with Crippen LogP contribution < -0.4 is 36.7 Å². The normalized spacial score (nSPS) is 14.3. The van der Waals surface area contributed by atoms with Crippen LogP contribution >= 0.6 is 15.8 Å². The van der Waals surface area contributed by atoms with Crippen LogP contribution in [-0.4, -0.2) is 28.5 Å². The maximum atomic E-state index is 7.26. The first-order valence-corrected chi connectivity index (χ1v) is 31.2. The van der Waals surface area contributed by atoms with Gasteiger partial charge < -0.3 is 12.8 Å². The summed E-state index contributed by atoms with van der Waals surface area (Å²) in [7, 11) is -4.60. The maximum Gasteiger partial charge on any atom is 1.00 e. The Hall–Kier alpha value is -4.09. The van der Waals surface area contributed by atoms with Gasteiger partial charge in [-0.2, -0.15) is 0 Å². The molecule has 0 saturated heterocycles. The van der Waals surface area contributed by atoms with Gasteiger partial charge in [0.25, 0.3) is 0 Å². The minimum absolute atomic E-state index is 0. The molecule has 7 aromatic carbocycles. The molecule has 64 heavy (non-hydrogen) atoms. The van der Waals surface area contributed by atoms with Crippen molar-refractivity contribution < 1.29 is 44.8 Å². The summed E-state index contributed by atoms with van der Waals surface area (Å²) in [5, 5.41) is 12.1. The third-order valence-corrected chi connectivity index (χ3v) is 26.0. The number of allylic oxidation sites excluding steroid dienone is 4. The van der Waals surface area contributed by atoms with Gasteiger partial charge in [-0.25, -0.2) is 0 Å². The Bertz CT molecular complexity index is 2680. The van der Waals surface area contributed by atoms with Gasteiger partial charge >= 0.3 is 44.8 Å². The summed E-state index contributed by atoms with van der Waals surface area (Å²) < 4.78 is 0. The fourth-order valence-electron chi connectivity index (χ4n) is 9.48. The first-order chi connectivity index (χ1) is 30.2. The van der Waals surface area contributed by atoms with Crippen molar-refractivity contribution in [1.82, 2.24) is 0 Å². The fraction of sp³-hybridized carbons (Fsp3) is 0.138. The summed E-state index contributed by atoms with van der Waals surface area (Å²) in [6.45, 7) is 9.52. The molecule has 3 aliphatic rings. The van der Waals surface area contributed by atoms with Crippen LogP contribution in [0.5, 0.6) is 0 Å². The number of hydrogen-bond acceptors (Lipinski definition) is 0. The molecule has 6 heteroatoms. The molecule has 0 nitrogen and oxygen atoms in total. The second-order valence-corrected chi connectivity index (χ2v) is 31.2. The van der Waals surface area contributed by atoms with Gasteiger partial charge in [-0.3, -0.25) is 11.8 Å². The number of fused-ring (bicyclic) bond motifs is 6. The Kier molecular flexibility index (Phi) is 17.3. The van der Waals surface area contributed by atoms with Crippen molar-refractivity contribution in [2.45, 2.75) is 39.0 Å². The minimum Gasteiger partial charge on any atom is -0.366 e. The molecule has 1 atom stereocenters. The van der Waals surface area contributed by atoms with Gasteiger partial charge in [-0.1, -0.05) is 158 Å². The molecule has 0 fully saturated rings. The Morgan fingerprint density at radius 1 is 0.438 bits per heavy atom. The van der Waals surface area contributed by atoms with Crippen molar-refractivity contribution in [3.05, 3.63) is 223 Å². The molecule has 2 heterocycles. The largest absolute Gasteiger partial charge is 1.00 e. The molecule has 0 aromatic heterocycles.